The molecule has 1 saturated heterocycles. The van der Waals surface area contributed by atoms with Gasteiger partial charge in [0.2, 0.25) is 5.91 Å². The molecule has 3 heterocycles. The average Bonchev–Trinajstić information content (AvgIpc) is 3.32. The van der Waals surface area contributed by atoms with Crippen LogP contribution in [0.15, 0.2) is 78.2 Å². The van der Waals surface area contributed by atoms with Crippen LogP contribution in [-0.4, -0.2) is 62.5 Å². The molecule has 4 aromatic rings. The zero-order valence-corrected chi connectivity index (χ0v) is 20.8. The lowest BCUT2D eigenvalue weighted by Gasteiger charge is -2.36. The Balaban J connectivity index is 1.30. The van der Waals surface area contributed by atoms with Gasteiger partial charge in [0.15, 0.2) is 11.0 Å². The molecule has 0 N–H and O–H groups in total. The van der Waals surface area contributed by atoms with Crippen LogP contribution in [0.4, 0.5) is 5.69 Å². The first-order valence-electron chi connectivity index (χ1n) is 11.7. The number of thioether (sulfide) groups is 1. The molecule has 2 aromatic carbocycles. The molecule has 1 amide bonds. The van der Waals surface area contributed by atoms with E-state index >= 15 is 0 Å². The van der Waals surface area contributed by atoms with E-state index in [1.807, 2.05) is 33.7 Å². The lowest BCUT2D eigenvalue weighted by Crippen LogP contribution is -2.49. The van der Waals surface area contributed by atoms with Gasteiger partial charge >= 0.3 is 0 Å². The minimum absolute atomic E-state index is 0.126. The summed E-state index contributed by atoms with van der Waals surface area (Å²) in [7, 11) is 0. The third kappa shape index (κ3) is 5.07. The van der Waals surface area contributed by atoms with Gasteiger partial charge in [0.25, 0.3) is 0 Å². The molecule has 1 aliphatic heterocycles. The van der Waals surface area contributed by atoms with Crippen molar-refractivity contribution in [3.8, 4) is 17.1 Å². The normalized spacial score (nSPS) is 13.8. The molecule has 5 rings (SSSR count). The molecule has 1 aliphatic rings. The highest BCUT2D eigenvalue weighted by Gasteiger charge is 2.23. The third-order valence-electron chi connectivity index (χ3n) is 6.23. The van der Waals surface area contributed by atoms with E-state index in [2.05, 4.69) is 70.3 Å². The van der Waals surface area contributed by atoms with Gasteiger partial charge in [0.1, 0.15) is 0 Å². The van der Waals surface area contributed by atoms with Gasteiger partial charge in [-0.2, -0.15) is 0 Å². The fourth-order valence-corrected chi connectivity index (χ4v) is 5.18. The second-order valence-corrected chi connectivity index (χ2v) is 9.61. The Kier molecular flexibility index (Phi) is 6.81. The van der Waals surface area contributed by atoms with E-state index in [1.165, 1.54) is 23.0 Å². The highest BCUT2D eigenvalue weighted by atomic mass is 32.2. The van der Waals surface area contributed by atoms with Gasteiger partial charge in [-0.05, 0) is 55.3 Å². The first-order chi connectivity index (χ1) is 17.1. The van der Waals surface area contributed by atoms with Crippen LogP contribution < -0.4 is 4.90 Å². The molecule has 0 bridgehead atoms. The molecule has 0 radical (unpaired) electrons. The molecule has 1 fully saturated rings. The number of carbonyl (C=O) groups excluding carboxylic acids is 1. The molecule has 0 saturated carbocycles. The quantitative estimate of drug-likeness (QED) is 0.378. The summed E-state index contributed by atoms with van der Waals surface area (Å²) in [6.07, 6.45) is 3.52. The smallest absolute Gasteiger partial charge is 0.233 e. The molecule has 7 nitrogen and oxygen atoms in total. The number of para-hydroxylation sites is 1. The Morgan fingerprint density at radius 1 is 0.943 bits per heavy atom. The van der Waals surface area contributed by atoms with Gasteiger partial charge in [0.05, 0.1) is 11.4 Å². The van der Waals surface area contributed by atoms with Gasteiger partial charge in [0, 0.05) is 49.8 Å². The summed E-state index contributed by atoms with van der Waals surface area (Å²) >= 11 is 1.43. The molecule has 0 atom stereocenters. The number of rotatable bonds is 6. The second-order valence-electron chi connectivity index (χ2n) is 8.67. The zero-order valence-electron chi connectivity index (χ0n) is 20.0. The topological polar surface area (TPSA) is 67.2 Å². The number of benzene rings is 2. The molecule has 8 heteroatoms. The second kappa shape index (κ2) is 10.3. The maximum absolute atomic E-state index is 13.1. The lowest BCUT2D eigenvalue weighted by molar-refractivity contribution is -0.128. The monoisotopic (exact) mass is 484 g/mol. The van der Waals surface area contributed by atoms with E-state index in [1.54, 1.807) is 12.4 Å². The predicted molar refractivity (Wildman–Crippen MR) is 140 cm³/mol. The van der Waals surface area contributed by atoms with Crippen molar-refractivity contribution in [1.29, 1.82) is 0 Å². The predicted octanol–water partition coefficient (Wildman–Crippen LogP) is 4.39. The number of anilines is 1. The summed E-state index contributed by atoms with van der Waals surface area (Å²) in [4.78, 5) is 21.6. The Labute approximate surface area is 209 Å². The van der Waals surface area contributed by atoms with Crippen molar-refractivity contribution < 1.29 is 4.79 Å². The van der Waals surface area contributed by atoms with Crippen LogP contribution in [-0.2, 0) is 4.79 Å². The molecule has 0 unspecified atom stereocenters. The van der Waals surface area contributed by atoms with E-state index in [-0.39, 0.29) is 5.91 Å². The number of pyridine rings is 1. The average molecular weight is 485 g/mol. The largest absolute Gasteiger partial charge is 0.368 e. The molecular formula is C27H28N6OS. The summed E-state index contributed by atoms with van der Waals surface area (Å²) in [5, 5.41) is 9.62. The van der Waals surface area contributed by atoms with Gasteiger partial charge < -0.3 is 9.80 Å². The number of hydrogen-bond donors (Lipinski definition) is 0. The van der Waals surface area contributed by atoms with E-state index in [0.717, 1.165) is 43.0 Å². The molecular weight excluding hydrogens is 456 g/mol. The van der Waals surface area contributed by atoms with Crippen LogP contribution >= 0.6 is 11.8 Å². The zero-order chi connectivity index (χ0) is 24.2. The van der Waals surface area contributed by atoms with Crippen molar-refractivity contribution in [2.45, 2.75) is 19.0 Å². The van der Waals surface area contributed by atoms with Crippen LogP contribution in [0.2, 0.25) is 0 Å². The number of piperazine rings is 1. The Morgan fingerprint density at radius 2 is 1.77 bits per heavy atom. The number of aromatic nitrogens is 4. The molecule has 35 heavy (non-hydrogen) atoms. The highest BCUT2D eigenvalue weighted by molar-refractivity contribution is 7.99. The number of hydrogen-bond acceptors (Lipinski definition) is 6. The summed E-state index contributed by atoms with van der Waals surface area (Å²) < 4.78 is 2.03. The Morgan fingerprint density at radius 3 is 2.51 bits per heavy atom. The van der Waals surface area contributed by atoms with Crippen LogP contribution in [0.25, 0.3) is 17.1 Å². The molecule has 2 aromatic heterocycles. The van der Waals surface area contributed by atoms with E-state index in [0.29, 0.717) is 16.7 Å². The summed E-state index contributed by atoms with van der Waals surface area (Å²) in [5.41, 5.74) is 5.46. The van der Waals surface area contributed by atoms with E-state index < -0.39 is 0 Å². The summed E-state index contributed by atoms with van der Waals surface area (Å²) in [5.74, 6) is 1.16. The number of amides is 1. The minimum Gasteiger partial charge on any atom is -0.368 e. The fourth-order valence-electron chi connectivity index (χ4n) is 4.33. The van der Waals surface area contributed by atoms with Crippen molar-refractivity contribution in [3.63, 3.8) is 0 Å². The van der Waals surface area contributed by atoms with Gasteiger partial charge in [-0.15, -0.1) is 10.2 Å². The first-order valence-corrected chi connectivity index (χ1v) is 12.7. The van der Waals surface area contributed by atoms with Crippen molar-refractivity contribution in [1.82, 2.24) is 24.6 Å². The van der Waals surface area contributed by atoms with Crippen LogP contribution in [0.1, 0.15) is 11.1 Å². The van der Waals surface area contributed by atoms with Crippen LogP contribution in [0.3, 0.4) is 0 Å². The molecule has 0 aliphatic carbocycles. The molecule has 0 spiro atoms. The molecule has 178 valence electrons. The van der Waals surface area contributed by atoms with Gasteiger partial charge in [-0.1, -0.05) is 42.1 Å². The highest BCUT2D eigenvalue weighted by Crippen LogP contribution is 2.29. The Bertz CT molecular complexity index is 1310. The number of aryl methyl sites for hydroxylation is 2. The SMILES string of the molecule is Cc1cccc(N2CCN(C(=O)CSc3nnc(-c4cccnc4)n3-c3ccccc3C)CC2)c1. The van der Waals surface area contributed by atoms with Gasteiger partial charge in [-0.3, -0.25) is 14.3 Å². The third-order valence-corrected chi connectivity index (χ3v) is 7.15. The van der Waals surface area contributed by atoms with Crippen molar-refractivity contribution in [2.75, 3.05) is 36.8 Å². The standard InChI is InChI=1S/C27H28N6OS/c1-20-7-5-10-23(17-20)31-13-15-32(16-14-31)25(34)19-35-27-30-29-26(22-9-6-12-28-18-22)33(27)24-11-4-3-8-21(24)2/h3-12,17-18H,13-16,19H2,1-2H3. The number of carbonyl (C=O) groups is 1. The number of nitrogens with zero attached hydrogens (tertiary/aromatic N) is 6. The van der Waals surface area contributed by atoms with Crippen molar-refractivity contribution >= 4 is 23.4 Å². The lowest BCUT2D eigenvalue weighted by atomic mass is 10.2. The summed E-state index contributed by atoms with van der Waals surface area (Å²) in [6, 6.07) is 20.5. The van der Waals surface area contributed by atoms with E-state index in [4.69, 9.17) is 0 Å². The van der Waals surface area contributed by atoms with Crippen LogP contribution in [0.5, 0.6) is 0 Å². The summed E-state index contributed by atoms with van der Waals surface area (Å²) in [6.45, 7) is 7.29. The Hall–Kier alpha value is -3.65. The maximum Gasteiger partial charge on any atom is 0.233 e. The fraction of sp³-hybridized carbons (Fsp3) is 0.259. The minimum atomic E-state index is 0.126. The first kappa shape index (κ1) is 23.1. The maximum atomic E-state index is 13.1. The van der Waals surface area contributed by atoms with Gasteiger partial charge in [-0.25, -0.2) is 0 Å². The van der Waals surface area contributed by atoms with Crippen molar-refractivity contribution in [2.24, 2.45) is 0 Å². The van der Waals surface area contributed by atoms with Crippen molar-refractivity contribution in [3.05, 3.63) is 84.2 Å². The van der Waals surface area contributed by atoms with Crippen LogP contribution in [0, 0.1) is 13.8 Å². The van der Waals surface area contributed by atoms with E-state index in [9.17, 15) is 4.79 Å².